The fourth-order valence-electron chi connectivity index (χ4n) is 3.75. The second-order valence-corrected chi connectivity index (χ2v) is 7.71. The van der Waals surface area contributed by atoms with E-state index in [-0.39, 0.29) is 18.1 Å². The molecule has 3 aromatic rings. The third-order valence-electron chi connectivity index (χ3n) is 5.13. The van der Waals surface area contributed by atoms with Crippen LogP contribution in [0.4, 0.5) is 0 Å². The molecule has 140 valence electrons. The first-order valence-corrected chi connectivity index (χ1v) is 9.91. The second-order valence-electron chi connectivity index (χ2n) is 6.82. The standard InChI is InChI=1S/C21H18N4O2S/c1-27-17-10-13-4-2-3-5-14(13)19(17)24-21-23-16(20(26)25-21)8-12-6-7-15-18(9-12)28-11-22-15/h2-9,11,17,19H,10H2,1H3,(H2,23,24,25,26)/b16-8-/t17-,19-/m1/s1. The number of fused-ring (bicyclic) bond motifs is 2. The van der Waals surface area contributed by atoms with Crippen molar-refractivity contribution in [1.29, 1.82) is 0 Å². The zero-order valence-corrected chi connectivity index (χ0v) is 16.0. The molecule has 2 aromatic carbocycles. The van der Waals surface area contributed by atoms with Crippen LogP contribution in [0.25, 0.3) is 16.3 Å². The maximum absolute atomic E-state index is 12.4. The summed E-state index contributed by atoms with van der Waals surface area (Å²) < 4.78 is 6.73. The Morgan fingerprint density at radius 1 is 1.29 bits per heavy atom. The number of hydrogen-bond acceptors (Lipinski definition) is 6. The normalized spacial score (nSPS) is 22.4. The highest BCUT2D eigenvalue weighted by molar-refractivity contribution is 7.16. The molecular weight excluding hydrogens is 372 g/mol. The minimum absolute atomic E-state index is 0.00114. The van der Waals surface area contributed by atoms with Gasteiger partial charge in [0.15, 0.2) is 0 Å². The van der Waals surface area contributed by atoms with Crippen molar-refractivity contribution < 1.29 is 9.53 Å². The van der Waals surface area contributed by atoms with E-state index in [0.29, 0.717) is 11.7 Å². The molecule has 6 nitrogen and oxygen atoms in total. The van der Waals surface area contributed by atoms with Crippen LogP contribution in [0.15, 0.2) is 58.7 Å². The lowest BCUT2D eigenvalue weighted by molar-refractivity contribution is -0.115. The second kappa shape index (κ2) is 6.85. The van der Waals surface area contributed by atoms with Crippen molar-refractivity contribution in [2.45, 2.75) is 18.6 Å². The first-order chi connectivity index (χ1) is 13.7. The Labute approximate surface area is 166 Å². The van der Waals surface area contributed by atoms with E-state index in [1.54, 1.807) is 24.5 Å². The van der Waals surface area contributed by atoms with Crippen LogP contribution >= 0.6 is 11.3 Å². The minimum Gasteiger partial charge on any atom is -0.379 e. The number of aromatic nitrogens is 1. The quantitative estimate of drug-likeness (QED) is 0.674. The van der Waals surface area contributed by atoms with Crippen molar-refractivity contribution in [1.82, 2.24) is 15.6 Å². The van der Waals surface area contributed by atoms with E-state index in [2.05, 4.69) is 32.7 Å². The summed E-state index contributed by atoms with van der Waals surface area (Å²) in [5.74, 6) is 0.242. The summed E-state index contributed by atoms with van der Waals surface area (Å²) in [6, 6.07) is 14.1. The molecule has 2 N–H and O–H groups in total. The molecule has 0 saturated carbocycles. The van der Waals surface area contributed by atoms with Crippen LogP contribution in [0.2, 0.25) is 0 Å². The molecule has 1 aliphatic carbocycles. The van der Waals surface area contributed by atoms with Crippen LogP contribution in [0, 0.1) is 0 Å². The van der Waals surface area contributed by atoms with Crippen molar-refractivity contribution in [3.8, 4) is 0 Å². The summed E-state index contributed by atoms with van der Waals surface area (Å²) >= 11 is 1.58. The summed E-state index contributed by atoms with van der Waals surface area (Å²) in [5, 5.41) is 6.18. The zero-order chi connectivity index (χ0) is 19.1. The van der Waals surface area contributed by atoms with Crippen molar-refractivity contribution in [3.05, 3.63) is 70.4 Å². The molecule has 1 aromatic heterocycles. The predicted octanol–water partition coefficient (Wildman–Crippen LogP) is 3.03. The van der Waals surface area contributed by atoms with Gasteiger partial charge in [-0.25, -0.2) is 9.98 Å². The molecule has 0 unspecified atom stereocenters. The summed E-state index contributed by atoms with van der Waals surface area (Å²) in [6.07, 6.45) is 2.63. The number of guanidine groups is 1. The average Bonchev–Trinajstić information content (AvgIpc) is 3.40. The average molecular weight is 390 g/mol. The van der Waals surface area contributed by atoms with Gasteiger partial charge in [0.2, 0.25) is 5.96 Å². The number of benzene rings is 2. The number of thiazole rings is 1. The van der Waals surface area contributed by atoms with Gasteiger partial charge in [0.1, 0.15) is 5.70 Å². The van der Waals surface area contributed by atoms with Crippen LogP contribution < -0.4 is 10.6 Å². The Balaban J connectivity index is 1.41. The van der Waals surface area contributed by atoms with Crippen molar-refractivity contribution in [2.75, 3.05) is 7.11 Å². The summed E-state index contributed by atoms with van der Waals surface area (Å²) in [5.41, 5.74) is 6.51. The van der Waals surface area contributed by atoms with Crippen molar-refractivity contribution >= 4 is 39.5 Å². The molecule has 0 saturated heterocycles. The van der Waals surface area contributed by atoms with Gasteiger partial charge in [0, 0.05) is 13.5 Å². The molecule has 7 heteroatoms. The summed E-state index contributed by atoms with van der Waals surface area (Å²) in [6.45, 7) is 0. The van der Waals surface area contributed by atoms with Crippen LogP contribution in [0.3, 0.4) is 0 Å². The molecule has 1 aliphatic heterocycles. The molecule has 0 radical (unpaired) electrons. The highest BCUT2D eigenvalue weighted by atomic mass is 32.1. The van der Waals surface area contributed by atoms with Crippen LogP contribution in [-0.4, -0.2) is 30.1 Å². The number of amides is 1. The fourth-order valence-corrected chi connectivity index (χ4v) is 4.48. The van der Waals surface area contributed by atoms with Crippen molar-refractivity contribution in [2.24, 2.45) is 4.99 Å². The lowest BCUT2D eigenvalue weighted by Gasteiger charge is -2.21. The number of carbonyl (C=O) groups excluding carboxylic acids is 1. The maximum Gasteiger partial charge on any atom is 0.276 e. The van der Waals surface area contributed by atoms with Gasteiger partial charge in [-0.15, -0.1) is 11.3 Å². The number of ether oxygens (including phenoxy) is 1. The van der Waals surface area contributed by atoms with Crippen molar-refractivity contribution in [3.63, 3.8) is 0 Å². The van der Waals surface area contributed by atoms with Gasteiger partial charge >= 0.3 is 0 Å². The zero-order valence-electron chi connectivity index (χ0n) is 15.2. The maximum atomic E-state index is 12.4. The van der Waals surface area contributed by atoms with Gasteiger partial charge < -0.3 is 10.1 Å². The molecule has 0 fully saturated rings. The topological polar surface area (TPSA) is 75.6 Å². The van der Waals surface area contributed by atoms with E-state index in [0.717, 1.165) is 22.2 Å². The smallest absolute Gasteiger partial charge is 0.276 e. The minimum atomic E-state index is -0.216. The SMILES string of the molecule is CO[C@@H]1Cc2ccccc2[C@H]1NC1=N/C(=C\c2ccc3ncsc3c2)C(=O)N1. The Bertz CT molecular complexity index is 1130. The summed E-state index contributed by atoms with van der Waals surface area (Å²) in [7, 11) is 1.71. The van der Waals surface area contributed by atoms with Gasteiger partial charge in [-0.2, -0.15) is 0 Å². The summed E-state index contributed by atoms with van der Waals surface area (Å²) in [4.78, 5) is 21.2. The first kappa shape index (κ1) is 17.1. The highest BCUT2D eigenvalue weighted by Gasteiger charge is 2.34. The number of nitrogens with one attached hydrogen (secondary N) is 2. The van der Waals surface area contributed by atoms with E-state index in [4.69, 9.17) is 4.74 Å². The number of rotatable bonds is 3. The van der Waals surface area contributed by atoms with E-state index in [1.165, 1.54) is 11.1 Å². The Morgan fingerprint density at radius 3 is 3.07 bits per heavy atom. The lowest BCUT2D eigenvalue weighted by atomic mass is 10.1. The van der Waals surface area contributed by atoms with E-state index in [1.807, 2.05) is 35.8 Å². The number of methoxy groups -OCH3 is 1. The molecule has 28 heavy (non-hydrogen) atoms. The predicted molar refractivity (Wildman–Crippen MR) is 110 cm³/mol. The molecular formula is C21H18N4O2S. The largest absolute Gasteiger partial charge is 0.379 e. The van der Waals surface area contributed by atoms with Crippen LogP contribution in [0.1, 0.15) is 22.7 Å². The van der Waals surface area contributed by atoms with Gasteiger partial charge in [-0.1, -0.05) is 30.3 Å². The first-order valence-electron chi connectivity index (χ1n) is 9.03. The third-order valence-corrected chi connectivity index (χ3v) is 5.93. The van der Waals surface area contributed by atoms with Crippen LogP contribution in [0.5, 0.6) is 0 Å². The van der Waals surface area contributed by atoms with Gasteiger partial charge in [-0.05, 0) is 34.9 Å². The molecule has 1 amide bonds. The molecule has 0 bridgehead atoms. The molecule has 2 atom stereocenters. The van der Waals surface area contributed by atoms with Gasteiger partial charge in [0.25, 0.3) is 5.91 Å². The van der Waals surface area contributed by atoms with Crippen LogP contribution in [-0.2, 0) is 16.0 Å². The molecule has 2 aliphatic rings. The Hall–Kier alpha value is -3.03. The lowest BCUT2D eigenvalue weighted by Crippen LogP contribution is -2.41. The molecule has 2 heterocycles. The van der Waals surface area contributed by atoms with Gasteiger partial charge in [0.05, 0.1) is 27.9 Å². The number of aliphatic imine (C=N–C) groups is 1. The Kier molecular flexibility index (Phi) is 4.18. The highest BCUT2D eigenvalue weighted by Crippen LogP contribution is 2.33. The number of nitrogens with zero attached hydrogens (tertiary/aromatic N) is 2. The van der Waals surface area contributed by atoms with E-state index in [9.17, 15) is 4.79 Å². The molecule has 0 spiro atoms. The Morgan fingerprint density at radius 2 is 2.18 bits per heavy atom. The number of carbonyl (C=O) groups is 1. The van der Waals surface area contributed by atoms with E-state index < -0.39 is 0 Å². The third kappa shape index (κ3) is 2.98. The number of hydrogen-bond donors (Lipinski definition) is 2. The molecule has 5 rings (SSSR count). The fraction of sp³-hybridized carbons (Fsp3) is 0.190. The van der Waals surface area contributed by atoms with E-state index >= 15 is 0 Å². The monoisotopic (exact) mass is 390 g/mol. The van der Waals surface area contributed by atoms with Gasteiger partial charge in [-0.3, -0.25) is 10.1 Å².